The molecule has 2 aliphatic rings. The van der Waals surface area contributed by atoms with Crippen LogP contribution in [0, 0.1) is 25.7 Å². The molecular weight excluding hydrogens is 1050 g/mol. The summed E-state index contributed by atoms with van der Waals surface area (Å²) < 4.78 is 27.2. The minimum Gasteiger partial charge on any atom is -0.473 e. The second-order valence-corrected chi connectivity index (χ2v) is 22.4. The van der Waals surface area contributed by atoms with Crippen LogP contribution in [-0.4, -0.2) is 134 Å². The Morgan fingerprint density at radius 2 is 1.10 bits per heavy atom. The van der Waals surface area contributed by atoms with Crippen LogP contribution in [0.1, 0.15) is 126 Å². The molecule has 4 N–H and O–H groups in total. The Morgan fingerprint density at radius 1 is 0.684 bits per heavy atom. The van der Waals surface area contributed by atoms with Crippen molar-refractivity contribution in [2.75, 3.05) is 32.9 Å². The third-order valence-corrected chi connectivity index (χ3v) is 15.9. The number of ether oxygens (including phenoxy) is 3. The van der Waals surface area contributed by atoms with Crippen molar-refractivity contribution in [3.63, 3.8) is 0 Å². The fourth-order valence-corrected chi connectivity index (χ4v) is 11.5. The molecule has 4 amide bonds. The van der Waals surface area contributed by atoms with Gasteiger partial charge in [-0.2, -0.15) is 0 Å². The largest absolute Gasteiger partial charge is 0.473 e. The first-order valence-corrected chi connectivity index (χ1v) is 28.4. The highest BCUT2D eigenvalue weighted by Gasteiger charge is 2.45. The van der Waals surface area contributed by atoms with E-state index in [0.717, 1.165) is 43.4 Å². The van der Waals surface area contributed by atoms with Crippen molar-refractivity contribution in [2.45, 2.75) is 136 Å². The first-order chi connectivity index (χ1) is 37.8. The van der Waals surface area contributed by atoms with Crippen LogP contribution >= 0.6 is 22.7 Å². The van der Waals surface area contributed by atoms with E-state index < -0.39 is 36.1 Å². The SMILES string of the molecule is CCOC(C)COc1cc([C@H](C(=O)N2C[C@H](O)C[C@H]2C(=O)N[C@@H](C)c2ccc(-c3scnc3C)cc2)C(C)C)on1.Cc1ncsc1-c1ccc([C@H](C)NC(=O)[C@@H]2C[C@@H](O)CN2C(=O)[C@@H](c2cc(OCC=O)no2)C(C)C)cc1. The average Bonchev–Trinajstić information content (AvgIpc) is 4.33. The predicted molar refractivity (Wildman–Crippen MR) is 296 cm³/mol. The van der Waals surface area contributed by atoms with Crippen LogP contribution in [0.3, 0.4) is 0 Å². The van der Waals surface area contributed by atoms with Crippen LogP contribution in [0.4, 0.5) is 0 Å². The van der Waals surface area contributed by atoms with E-state index in [1.54, 1.807) is 28.7 Å². The maximum absolute atomic E-state index is 13.8. The molecule has 79 heavy (non-hydrogen) atoms. The molecule has 4 aromatic heterocycles. The summed E-state index contributed by atoms with van der Waals surface area (Å²) in [6.45, 7) is 19.9. The normalized spacial score (nSPS) is 19.1. The van der Waals surface area contributed by atoms with Crippen molar-refractivity contribution in [1.29, 1.82) is 0 Å². The summed E-state index contributed by atoms with van der Waals surface area (Å²) in [5.41, 5.74) is 9.61. The molecule has 0 radical (unpaired) electrons. The lowest BCUT2D eigenvalue weighted by Crippen LogP contribution is -2.48. The fourth-order valence-electron chi connectivity index (χ4n) is 9.86. The number of likely N-dealkylation sites (tertiary alicyclic amines) is 2. The molecule has 22 heteroatoms. The van der Waals surface area contributed by atoms with Crippen molar-refractivity contribution in [2.24, 2.45) is 11.8 Å². The van der Waals surface area contributed by atoms with Gasteiger partial charge in [-0.25, -0.2) is 9.97 Å². The van der Waals surface area contributed by atoms with Crippen molar-refractivity contribution >= 4 is 52.6 Å². The Labute approximate surface area is 468 Å². The number of thiazole rings is 2. The molecule has 6 aromatic rings. The number of aldehydes is 1. The molecular formula is C57H72N8O12S2. The summed E-state index contributed by atoms with van der Waals surface area (Å²) >= 11 is 3.17. The minimum atomic E-state index is -0.825. The van der Waals surface area contributed by atoms with Gasteiger partial charge in [0.15, 0.2) is 17.8 Å². The van der Waals surface area contributed by atoms with Crippen molar-refractivity contribution in [1.82, 2.24) is 40.7 Å². The molecule has 9 atom stereocenters. The van der Waals surface area contributed by atoms with E-state index in [4.69, 9.17) is 23.3 Å². The van der Waals surface area contributed by atoms with Gasteiger partial charge in [0.2, 0.25) is 23.6 Å². The molecule has 1 unspecified atom stereocenters. The standard InChI is InChI=1S/C30H40N4O6S.C27H32N4O6S/c1-7-38-18(4)15-39-26-13-25(40-33-26)27(17(2)3)30(37)34-14-23(35)12-24(34)29(36)32-19(5)21-8-10-22(11-9-21)28-20(6)31-16-41-28;1-15(2)24(22-12-23(30-37-22)36-10-9-32)27(35)31-13-20(33)11-21(31)26(34)29-16(3)18-5-7-19(8-6-18)25-17(4)28-14-38-25/h8-11,13,16-19,23-24,27,35H,7,12,14-15H2,1-6H3,(H,32,36);5-9,12,14-16,20-21,24,33H,10-11,13H2,1-4H3,(H,29,34)/t18?,19-,23+,24-,27+;16-,20+,21-,24+/m00/s1. The third-order valence-electron chi connectivity index (χ3n) is 14.0. The van der Waals surface area contributed by atoms with Gasteiger partial charge in [0.25, 0.3) is 11.8 Å². The lowest BCUT2D eigenvalue weighted by Gasteiger charge is -2.29. The zero-order chi connectivity index (χ0) is 57.1. The number of hydrogen-bond donors (Lipinski definition) is 4. The number of rotatable bonds is 22. The molecule has 20 nitrogen and oxygen atoms in total. The Kier molecular flexibility index (Phi) is 20.7. The van der Waals surface area contributed by atoms with Gasteiger partial charge in [0.1, 0.15) is 37.1 Å². The second-order valence-electron chi connectivity index (χ2n) is 20.7. The summed E-state index contributed by atoms with van der Waals surface area (Å²) in [5.74, 6) is -2.03. The molecule has 0 bridgehead atoms. The Hall–Kier alpha value is -6.85. The van der Waals surface area contributed by atoms with E-state index in [2.05, 4.69) is 30.9 Å². The quantitative estimate of drug-likeness (QED) is 0.0474. The zero-order valence-corrected chi connectivity index (χ0v) is 47.9. The van der Waals surface area contributed by atoms with Crippen LogP contribution in [0.2, 0.25) is 0 Å². The molecule has 424 valence electrons. The van der Waals surface area contributed by atoms with Gasteiger partial charge >= 0.3 is 0 Å². The first kappa shape index (κ1) is 59.8. The number of carbonyl (C=O) groups excluding carboxylic acids is 5. The topological polar surface area (TPSA) is 262 Å². The number of aromatic nitrogens is 4. The van der Waals surface area contributed by atoms with Crippen LogP contribution < -0.4 is 20.1 Å². The monoisotopic (exact) mass is 1120 g/mol. The number of nitrogens with one attached hydrogen (secondary N) is 2. The zero-order valence-electron chi connectivity index (χ0n) is 46.3. The van der Waals surface area contributed by atoms with Gasteiger partial charge in [-0.15, -0.1) is 22.7 Å². The summed E-state index contributed by atoms with van der Waals surface area (Å²) in [5, 5.41) is 34.7. The number of aliphatic hydroxyl groups is 2. The van der Waals surface area contributed by atoms with E-state index in [0.29, 0.717) is 25.3 Å². The van der Waals surface area contributed by atoms with E-state index in [9.17, 15) is 34.2 Å². The van der Waals surface area contributed by atoms with Gasteiger partial charge in [0, 0.05) is 44.7 Å². The minimum absolute atomic E-state index is 0.0417. The smallest absolute Gasteiger partial charge is 0.254 e. The molecule has 2 fully saturated rings. The highest BCUT2D eigenvalue weighted by molar-refractivity contribution is 7.13. The van der Waals surface area contributed by atoms with Crippen LogP contribution in [0.25, 0.3) is 20.9 Å². The van der Waals surface area contributed by atoms with Gasteiger partial charge in [0.05, 0.1) is 62.6 Å². The van der Waals surface area contributed by atoms with Gasteiger partial charge < -0.3 is 53.9 Å². The molecule has 2 aromatic carbocycles. The highest BCUT2D eigenvalue weighted by Crippen LogP contribution is 2.36. The summed E-state index contributed by atoms with van der Waals surface area (Å²) in [7, 11) is 0. The molecule has 2 aliphatic heterocycles. The van der Waals surface area contributed by atoms with Crippen molar-refractivity contribution in [3.8, 4) is 32.6 Å². The number of aliphatic hydroxyl groups excluding tert-OH is 2. The molecule has 0 saturated carbocycles. The molecule has 0 spiro atoms. The maximum Gasteiger partial charge on any atom is 0.254 e. The average molecular weight is 1130 g/mol. The number of β-amino-alcohol motifs (C(OH)–C–C–N with tert-alkyl or cyclic N) is 2. The van der Waals surface area contributed by atoms with Crippen LogP contribution in [-0.2, 0) is 28.7 Å². The lowest BCUT2D eigenvalue weighted by molar-refractivity contribution is -0.141. The Morgan fingerprint density at radius 3 is 1.47 bits per heavy atom. The van der Waals surface area contributed by atoms with Gasteiger partial charge in [-0.3, -0.25) is 24.0 Å². The second kappa shape index (κ2) is 27.3. The van der Waals surface area contributed by atoms with E-state index in [-0.39, 0.29) is 104 Å². The van der Waals surface area contributed by atoms with E-state index in [1.807, 2.05) is 129 Å². The van der Waals surface area contributed by atoms with Gasteiger partial charge in [-0.1, -0.05) is 76.2 Å². The Bertz CT molecular complexity index is 2970. The van der Waals surface area contributed by atoms with E-state index in [1.165, 1.54) is 15.9 Å². The molecule has 0 aliphatic carbocycles. The molecule has 6 heterocycles. The fraction of sp³-hybridized carbons (Fsp3) is 0.491. The molecule has 8 rings (SSSR count). The Balaban J connectivity index is 0.000000229. The number of benzene rings is 2. The number of carbonyl (C=O) groups is 5. The maximum atomic E-state index is 13.8. The predicted octanol–water partition coefficient (Wildman–Crippen LogP) is 7.75. The molecule has 2 saturated heterocycles. The van der Waals surface area contributed by atoms with Gasteiger partial charge in [-0.05, 0) is 85.9 Å². The third kappa shape index (κ3) is 14.9. The lowest BCUT2D eigenvalue weighted by atomic mass is 9.91. The van der Waals surface area contributed by atoms with Crippen molar-refractivity contribution < 1.29 is 57.4 Å². The summed E-state index contributed by atoms with van der Waals surface area (Å²) in [4.78, 5) is 78.5. The summed E-state index contributed by atoms with van der Waals surface area (Å²) in [6.07, 6.45) is -0.835. The number of nitrogens with zero attached hydrogens (tertiary/aromatic N) is 6. The number of hydrogen-bond acceptors (Lipinski definition) is 18. The number of aryl methyl sites for hydroxylation is 2. The summed E-state index contributed by atoms with van der Waals surface area (Å²) in [6, 6.07) is 16.8. The van der Waals surface area contributed by atoms with Crippen LogP contribution in [0.5, 0.6) is 11.8 Å². The van der Waals surface area contributed by atoms with Crippen molar-refractivity contribution in [3.05, 3.63) is 106 Å². The first-order valence-electron chi connectivity index (χ1n) is 26.6. The van der Waals surface area contributed by atoms with E-state index >= 15 is 0 Å². The van der Waals surface area contributed by atoms with Crippen LogP contribution in [0.15, 0.2) is 80.7 Å². The highest BCUT2D eigenvalue weighted by atomic mass is 32.1. The number of amides is 4.